The number of rotatable bonds is 10. The van der Waals surface area contributed by atoms with Gasteiger partial charge in [0.15, 0.2) is 11.5 Å². The molecule has 3 N–H and O–H groups in total. The first-order chi connectivity index (χ1) is 10.1. The smallest absolute Gasteiger partial charge is 0.175 e. The van der Waals surface area contributed by atoms with Crippen LogP contribution in [-0.4, -0.2) is 44.6 Å². The van der Waals surface area contributed by atoms with E-state index in [2.05, 4.69) is 26.6 Å². The Morgan fingerprint density at radius 1 is 1.29 bits per heavy atom. The normalized spacial score (nSPS) is 12.2. The Morgan fingerprint density at radius 3 is 2.62 bits per heavy atom. The van der Waals surface area contributed by atoms with Crippen molar-refractivity contribution >= 4 is 15.9 Å². The van der Waals surface area contributed by atoms with E-state index in [0.29, 0.717) is 13.2 Å². The summed E-state index contributed by atoms with van der Waals surface area (Å²) in [5.41, 5.74) is 1.12. The molecule has 0 amide bonds. The molecule has 1 aromatic rings. The molecule has 0 spiro atoms. The van der Waals surface area contributed by atoms with Gasteiger partial charge in [0, 0.05) is 26.2 Å². The summed E-state index contributed by atoms with van der Waals surface area (Å²) in [6.07, 6.45) is -0.309. The van der Waals surface area contributed by atoms with E-state index in [-0.39, 0.29) is 6.10 Å². The first-order valence-electron chi connectivity index (χ1n) is 7.17. The molecule has 0 aliphatic carbocycles. The average Bonchev–Trinajstić information content (AvgIpc) is 2.44. The molecule has 0 aromatic heterocycles. The Hall–Kier alpha value is -0.820. The van der Waals surface area contributed by atoms with Gasteiger partial charge in [0.2, 0.25) is 0 Å². The van der Waals surface area contributed by atoms with Crippen molar-refractivity contribution in [3.8, 4) is 11.5 Å². The molecule has 0 fully saturated rings. The molecule has 0 saturated heterocycles. The van der Waals surface area contributed by atoms with Crippen molar-refractivity contribution in [2.45, 2.75) is 26.5 Å². The highest BCUT2D eigenvalue weighted by Crippen LogP contribution is 2.36. The van der Waals surface area contributed by atoms with Crippen LogP contribution in [0.15, 0.2) is 16.6 Å². The Bertz CT molecular complexity index is 428. The second-order valence-corrected chi connectivity index (χ2v) is 5.63. The van der Waals surface area contributed by atoms with Crippen LogP contribution in [-0.2, 0) is 6.54 Å². The third kappa shape index (κ3) is 6.65. The highest BCUT2D eigenvalue weighted by molar-refractivity contribution is 9.10. The summed E-state index contributed by atoms with van der Waals surface area (Å²) in [5.74, 6) is 1.47. The fourth-order valence-corrected chi connectivity index (χ4v) is 2.48. The summed E-state index contributed by atoms with van der Waals surface area (Å²) in [7, 11) is 1.64. The van der Waals surface area contributed by atoms with E-state index >= 15 is 0 Å². The first-order valence-corrected chi connectivity index (χ1v) is 7.96. The SMILES string of the molecule is CCOc1c(Br)cc(CNCCNCC(C)O)cc1OC. The number of hydrogen-bond donors (Lipinski definition) is 3. The molecular weight excluding hydrogens is 336 g/mol. The number of methoxy groups -OCH3 is 1. The Labute approximate surface area is 135 Å². The summed E-state index contributed by atoms with van der Waals surface area (Å²) in [4.78, 5) is 0. The standard InChI is InChI=1S/C15H25BrN2O3/c1-4-21-15-13(16)7-12(8-14(15)20-3)10-18-6-5-17-9-11(2)19/h7-8,11,17-19H,4-6,9-10H2,1-3H3. The Morgan fingerprint density at radius 2 is 2.00 bits per heavy atom. The molecule has 0 bridgehead atoms. The van der Waals surface area contributed by atoms with E-state index in [9.17, 15) is 0 Å². The van der Waals surface area contributed by atoms with Crippen LogP contribution in [0.3, 0.4) is 0 Å². The molecule has 6 heteroatoms. The molecule has 1 rings (SSSR count). The number of benzene rings is 1. The lowest BCUT2D eigenvalue weighted by Gasteiger charge is -2.14. The summed E-state index contributed by atoms with van der Waals surface area (Å²) >= 11 is 3.52. The zero-order chi connectivity index (χ0) is 15.7. The number of ether oxygens (including phenoxy) is 2. The quantitative estimate of drug-likeness (QED) is 0.556. The fourth-order valence-electron chi connectivity index (χ4n) is 1.88. The van der Waals surface area contributed by atoms with Gasteiger partial charge in [0.25, 0.3) is 0 Å². The number of hydrogen-bond acceptors (Lipinski definition) is 5. The van der Waals surface area contributed by atoms with Crippen LogP contribution < -0.4 is 20.1 Å². The molecule has 5 nitrogen and oxygen atoms in total. The summed E-state index contributed by atoms with van der Waals surface area (Å²) in [6, 6.07) is 4.01. The first kappa shape index (κ1) is 18.2. The number of halogens is 1. The van der Waals surface area contributed by atoms with Gasteiger partial charge in [0.05, 0.1) is 24.3 Å². The monoisotopic (exact) mass is 360 g/mol. The molecule has 0 heterocycles. The number of aliphatic hydroxyl groups is 1. The van der Waals surface area contributed by atoms with Crippen molar-refractivity contribution in [2.75, 3.05) is 33.4 Å². The van der Waals surface area contributed by atoms with Crippen LogP contribution >= 0.6 is 15.9 Å². The van der Waals surface area contributed by atoms with Gasteiger partial charge in [-0.3, -0.25) is 0 Å². The number of nitrogens with one attached hydrogen (secondary N) is 2. The van der Waals surface area contributed by atoms with Gasteiger partial charge in [-0.15, -0.1) is 0 Å². The van der Waals surface area contributed by atoms with Gasteiger partial charge < -0.3 is 25.2 Å². The van der Waals surface area contributed by atoms with Crippen molar-refractivity contribution in [3.05, 3.63) is 22.2 Å². The molecule has 0 aliphatic rings. The van der Waals surface area contributed by atoms with Gasteiger partial charge in [-0.2, -0.15) is 0 Å². The molecular formula is C15H25BrN2O3. The van der Waals surface area contributed by atoms with Crippen LogP contribution in [0.5, 0.6) is 11.5 Å². The molecule has 1 unspecified atom stereocenters. The third-order valence-electron chi connectivity index (χ3n) is 2.83. The maximum absolute atomic E-state index is 9.13. The van der Waals surface area contributed by atoms with Crippen molar-refractivity contribution in [1.82, 2.24) is 10.6 Å². The highest BCUT2D eigenvalue weighted by Gasteiger charge is 2.10. The maximum Gasteiger partial charge on any atom is 0.175 e. The van der Waals surface area contributed by atoms with Crippen molar-refractivity contribution in [1.29, 1.82) is 0 Å². The zero-order valence-corrected chi connectivity index (χ0v) is 14.5. The largest absolute Gasteiger partial charge is 0.493 e. The Balaban J connectivity index is 2.47. The minimum absolute atomic E-state index is 0.309. The van der Waals surface area contributed by atoms with E-state index < -0.39 is 0 Å². The fraction of sp³-hybridized carbons (Fsp3) is 0.600. The molecule has 120 valence electrons. The van der Waals surface area contributed by atoms with E-state index in [4.69, 9.17) is 14.6 Å². The summed E-state index contributed by atoms with van der Waals surface area (Å²) in [6.45, 7) is 7.33. The third-order valence-corrected chi connectivity index (χ3v) is 3.41. The topological polar surface area (TPSA) is 62.8 Å². The van der Waals surface area contributed by atoms with E-state index in [0.717, 1.165) is 41.2 Å². The van der Waals surface area contributed by atoms with Crippen LogP contribution in [0.4, 0.5) is 0 Å². The molecule has 1 aromatic carbocycles. The van der Waals surface area contributed by atoms with Gasteiger partial charge in [-0.05, 0) is 47.5 Å². The predicted octanol–water partition coefficient (Wildman–Crippen LogP) is 1.92. The highest BCUT2D eigenvalue weighted by atomic mass is 79.9. The minimum Gasteiger partial charge on any atom is -0.493 e. The minimum atomic E-state index is -0.309. The lowest BCUT2D eigenvalue weighted by atomic mass is 10.2. The van der Waals surface area contributed by atoms with E-state index in [1.54, 1.807) is 14.0 Å². The lowest BCUT2D eigenvalue weighted by molar-refractivity contribution is 0.191. The predicted molar refractivity (Wildman–Crippen MR) is 88.1 cm³/mol. The lowest BCUT2D eigenvalue weighted by Crippen LogP contribution is -2.31. The second kappa shape index (κ2) is 10.00. The van der Waals surface area contributed by atoms with E-state index in [1.165, 1.54) is 0 Å². The van der Waals surface area contributed by atoms with Gasteiger partial charge in [0.1, 0.15) is 0 Å². The molecule has 0 aliphatic heterocycles. The van der Waals surface area contributed by atoms with Crippen molar-refractivity contribution < 1.29 is 14.6 Å². The zero-order valence-electron chi connectivity index (χ0n) is 12.9. The van der Waals surface area contributed by atoms with Gasteiger partial charge >= 0.3 is 0 Å². The van der Waals surface area contributed by atoms with Crippen molar-refractivity contribution in [3.63, 3.8) is 0 Å². The molecule has 0 radical (unpaired) electrons. The number of aliphatic hydroxyl groups excluding tert-OH is 1. The maximum atomic E-state index is 9.13. The van der Waals surface area contributed by atoms with Gasteiger partial charge in [-0.1, -0.05) is 0 Å². The van der Waals surface area contributed by atoms with E-state index in [1.807, 2.05) is 19.1 Å². The average molecular weight is 361 g/mol. The van der Waals surface area contributed by atoms with Crippen LogP contribution in [0.1, 0.15) is 19.4 Å². The second-order valence-electron chi connectivity index (χ2n) is 4.77. The molecule has 0 saturated carbocycles. The van der Waals surface area contributed by atoms with Crippen LogP contribution in [0.25, 0.3) is 0 Å². The Kier molecular flexibility index (Phi) is 8.68. The van der Waals surface area contributed by atoms with Crippen LogP contribution in [0.2, 0.25) is 0 Å². The molecule has 21 heavy (non-hydrogen) atoms. The molecule has 1 atom stereocenters. The summed E-state index contributed by atoms with van der Waals surface area (Å²) in [5, 5.41) is 15.6. The van der Waals surface area contributed by atoms with Crippen molar-refractivity contribution in [2.24, 2.45) is 0 Å². The summed E-state index contributed by atoms with van der Waals surface area (Å²) < 4.78 is 11.8. The van der Waals surface area contributed by atoms with Crippen LogP contribution in [0, 0.1) is 0 Å². The van der Waals surface area contributed by atoms with Gasteiger partial charge in [-0.25, -0.2) is 0 Å².